The second-order valence-electron chi connectivity index (χ2n) is 4.48. The normalized spacial score (nSPS) is 9.86. The van der Waals surface area contributed by atoms with Crippen LogP contribution in [0.4, 0.5) is 5.69 Å². The van der Waals surface area contributed by atoms with Gasteiger partial charge in [-0.3, -0.25) is 4.79 Å². The molecular formula is C17H17NO4. The van der Waals surface area contributed by atoms with E-state index in [1.54, 1.807) is 31.2 Å². The zero-order valence-electron chi connectivity index (χ0n) is 12.2. The van der Waals surface area contributed by atoms with Gasteiger partial charge in [0.25, 0.3) is 0 Å². The summed E-state index contributed by atoms with van der Waals surface area (Å²) in [6.07, 6.45) is 0. The Morgan fingerprint density at radius 2 is 1.82 bits per heavy atom. The lowest BCUT2D eigenvalue weighted by molar-refractivity contribution is -0.152. The van der Waals surface area contributed by atoms with E-state index in [1.165, 1.54) is 0 Å². The Labute approximate surface area is 128 Å². The fourth-order valence-electron chi connectivity index (χ4n) is 1.78. The minimum atomic E-state index is -0.905. The number of benzene rings is 2. The first-order chi connectivity index (χ1) is 10.7. The largest absolute Gasteiger partial charge is 0.489 e. The number of hydrogen-bond donors (Lipinski definition) is 1. The van der Waals surface area contributed by atoms with Gasteiger partial charge < -0.3 is 14.8 Å². The van der Waals surface area contributed by atoms with Gasteiger partial charge in [-0.05, 0) is 24.6 Å². The van der Waals surface area contributed by atoms with E-state index in [1.807, 2.05) is 30.3 Å². The maximum absolute atomic E-state index is 11.6. The zero-order chi connectivity index (χ0) is 15.8. The van der Waals surface area contributed by atoms with Crippen LogP contribution in [0.15, 0.2) is 54.6 Å². The van der Waals surface area contributed by atoms with Crippen molar-refractivity contribution < 1.29 is 19.1 Å². The molecule has 0 saturated carbocycles. The molecule has 0 aliphatic rings. The van der Waals surface area contributed by atoms with Gasteiger partial charge in [0.2, 0.25) is 0 Å². The minimum absolute atomic E-state index is 0.159. The van der Waals surface area contributed by atoms with Crippen LogP contribution < -0.4 is 10.1 Å². The fourth-order valence-corrected chi connectivity index (χ4v) is 1.78. The first kappa shape index (κ1) is 15.6. The Hall–Kier alpha value is -2.82. The van der Waals surface area contributed by atoms with Crippen molar-refractivity contribution >= 4 is 17.6 Å². The molecule has 22 heavy (non-hydrogen) atoms. The van der Waals surface area contributed by atoms with Crippen molar-refractivity contribution in [1.82, 2.24) is 0 Å². The van der Waals surface area contributed by atoms with Crippen molar-refractivity contribution in [2.24, 2.45) is 0 Å². The van der Waals surface area contributed by atoms with Crippen LogP contribution in [0.25, 0.3) is 0 Å². The van der Waals surface area contributed by atoms with Crippen LogP contribution in [0.2, 0.25) is 0 Å². The summed E-state index contributed by atoms with van der Waals surface area (Å²) in [5, 5.41) is 2.47. The van der Waals surface area contributed by atoms with E-state index in [0.717, 1.165) is 5.56 Å². The highest BCUT2D eigenvalue weighted by molar-refractivity contribution is 6.37. The monoisotopic (exact) mass is 299 g/mol. The summed E-state index contributed by atoms with van der Waals surface area (Å²) in [7, 11) is 0. The van der Waals surface area contributed by atoms with Crippen LogP contribution in [0, 0.1) is 0 Å². The van der Waals surface area contributed by atoms with Gasteiger partial charge in [0.05, 0.1) is 6.61 Å². The zero-order valence-corrected chi connectivity index (χ0v) is 12.2. The van der Waals surface area contributed by atoms with E-state index in [-0.39, 0.29) is 6.61 Å². The molecule has 114 valence electrons. The predicted molar refractivity (Wildman–Crippen MR) is 82.5 cm³/mol. The van der Waals surface area contributed by atoms with Crippen LogP contribution in [0.3, 0.4) is 0 Å². The highest BCUT2D eigenvalue weighted by Gasteiger charge is 2.14. The topological polar surface area (TPSA) is 64.6 Å². The summed E-state index contributed by atoms with van der Waals surface area (Å²) in [5.74, 6) is -1.11. The Morgan fingerprint density at radius 1 is 1.05 bits per heavy atom. The number of carbonyl (C=O) groups is 2. The molecule has 1 N–H and O–H groups in total. The molecule has 1 amide bonds. The first-order valence-electron chi connectivity index (χ1n) is 6.94. The number of anilines is 1. The van der Waals surface area contributed by atoms with Crippen molar-refractivity contribution in [1.29, 1.82) is 0 Å². The van der Waals surface area contributed by atoms with Gasteiger partial charge in [0.15, 0.2) is 0 Å². The fraction of sp³-hybridized carbons (Fsp3) is 0.176. The first-order valence-corrected chi connectivity index (χ1v) is 6.94. The second kappa shape index (κ2) is 7.83. The molecule has 0 radical (unpaired) electrons. The number of rotatable bonds is 5. The minimum Gasteiger partial charge on any atom is -0.489 e. The number of amides is 1. The van der Waals surface area contributed by atoms with E-state index in [4.69, 9.17) is 4.74 Å². The van der Waals surface area contributed by atoms with Crippen molar-refractivity contribution in [2.45, 2.75) is 13.5 Å². The molecule has 0 saturated heterocycles. The lowest BCUT2D eigenvalue weighted by Crippen LogP contribution is -2.24. The summed E-state index contributed by atoms with van der Waals surface area (Å²) in [5.41, 5.74) is 1.52. The van der Waals surface area contributed by atoms with E-state index >= 15 is 0 Å². The lowest BCUT2D eigenvalue weighted by Gasteiger charge is -2.09. The van der Waals surface area contributed by atoms with Crippen molar-refractivity contribution in [3.8, 4) is 5.75 Å². The van der Waals surface area contributed by atoms with Crippen LogP contribution in [-0.2, 0) is 20.9 Å². The molecule has 5 nitrogen and oxygen atoms in total. The summed E-state index contributed by atoms with van der Waals surface area (Å²) in [6, 6.07) is 16.6. The smallest absolute Gasteiger partial charge is 0.397 e. The standard InChI is InChI=1S/C17H17NO4/c1-2-21-17(20)16(19)18-14-9-6-10-15(11-14)22-12-13-7-4-3-5-8-13/h3-11H,2,12H2,1H3,(H,18,19). The number of esters is 1. The molecule has 0 fully saturated rings. The summed E-state index contributed by atoms with van der Waals surface area (Å²) in [4.78, 5) is 22.8. The van der Waals surface area contributed by atoms with Crippen molar-refractivity contribution in [3.05, 3.63) is 60.2 Å². The number of carbonyl (C=O) groups excluding carboxylic acids is 2. The molecular weight excluding hydrogens is 282 g/mol. The van der Waals surface area contributed by atoms with E-state index in [2.05, 4.69) is 10.1 Å². The van der Waals surface area contributed by atoms with Gasteiger partial charge in [0.1, 0.15) is 12.4 Å². The second-order valence-corrected chi connectivity index (χ2v) is 4.48. The molecule has 2 aromatic rings. The van der Waals surface area contributed by atoms with Gasteiger partial charge in [-0.15, -0.1) is 0 Å². The maximum atomic E-state index is 11.6. The molecule has 0 atom stereocenters. The Morgan fingerprint density at radius 3 is 2.55 bits per heavy atom. The number of hydrogen-bond acceptors (Lipinski definition) is 4. The van der Waals surface area contributed by atoms with Gasteiger partial charge in [-0.25, -0.2) is 4.79 Å². The molecule has 0 aromatic heterocycles. The van der Waals surface area contributed by atoms with E-state index in [0.29, 0.717) is 18.0 Å². The molecule has 0 unspecified atom stereocenters. The van der Waals surface area contributed by atoms with Crippen LogP contribution in [0.5, 0.6) is 5.75 Å². The van der Waals surface area contributed by atoms with Crippen LogP contribution >= 0.6 is 0 Å². The van der Waals surface area contributed by atoms with Crippen molar-refractivity contribution in [2.75, 3.05) is 11.9 Å². The molecule has 0 spiro atoms. The molecule has 0 heterocycles. The predicted octanol–water partition coefficient (Wildman–Crippen LogP) is 2.77. The van der Waals surface area contributed by atoms with E-state index < -0.39 is 11.9 Å². The SMILES string of the molecule is CCOC(=O)C(=O)Nc1cccc(OCc2ccccc2)c1. The molecule has 5 heteroatoms. The van der Waals surface area contributed by atoms with Gasteiger partial charge >= 0.3 is 11.9 Å². The molecule has 0 bridgehead atoms. The quantitative estimate of drug-likeness (QED) is 0.681. The highest BCUT2D eigenvalue weighted by atomic mass is 16.5. The van der Waals surface area contributed by atoms with Crippen LogP contribution in [0.1, 0.15) is 12.5 Å². The van der Waals surface area contributed by atoms with Gasteiger partial charge in [0, 0.05) is 11.8 Å². The summed E-state index contributed by atoms with van der Waals surface area (Å²) >= 11 is 0. The van der Waals surface area contributed by atoms with E-state index in [9.17, 15) is 9.59 Å². The summed E-state index contributed by atoms with van der Waals surface area (Å²) < 4.78 is 10.3. The van der Waals surface area contributed by atoms with Gasteiger partial charge in [-0.2, -0.15) is 0 Å². The average Bonchev–Trinajstić information content (AvgIpc) is 2.54. The third-order valence-electron chi connectivity index (χ3n) is 2.80. The van der Waals surface area contributed by atoms with Gasteiger partial charge in [-0.1, -0.05) is 36.4 Å². The molecule has 0 aliphatic carbocycles. The maximum Gasteiger partial charge on any atom is 0.397 e. The third-order valence-corrected chi connectivity index (χ3v) is 2.80. The lowest BCUT2D eigenvalue weighted by atomic mass is 10.2. The number of ether oxygens (including phenoxy) is 2. The Balaban J connectivity index is 1.95. The molecule has 0 aliphatic heterocycles. The molecule has 2 aromatic carbocycles. The average molecular weight is 299 g/mol. The number of nitrogens with one attached hydrogen (secondary N) is 1. The third kappa shape index (κ3) is 4.63. The Bertz CT molecular complexity index is 640. The summed E-state index contributed by atoms with van der Waals surface area (Å²) in [6.45, 7) is 2.23. The van der Waals surface area contributed by atoms with Crippen molar-refractivity contribution in [3.63, 3.8) is 0 Å². The van der Waals surface area contributed by atoms with Crippen LogP contribution in [-0.4, -0.2) is 18.5 Å². The Kier molecular flexibility index (Phi) is 5.54. The molecule has 2 rings (SSSR count). The highest BCUT2D eigenvalue weighted by Crippen LogP contribution is 2.18.